The molecule has 118 valence electrons. The van der Waals surface area contributed by atoms with Gasteiger partial charge in [-0.2, -0.15) is 8.78 Å². The number of halogens is 2. The van der Waals surface area contributed by atoms with E-state index in [4.69, 9.17) is 0 Å². The van der Waals surface area contributed by atoms with E-state index in [1.807, 2.05) is 11.9 Å². The van der Waals surface area contributed by atoms with Crippen LogP contribution in [0.1, 0.15) is 38.2 Å². The molecule has 1 saturated carbocycles. The Bertz CT molecular complexity index is 414. The molecule has 0 saturated heterocycles. The zero-order valence-corrected chi connectivity index (χ0v) is 13.0. The molecule has 1 aromatic rings. The molecule has 1 aliphatic carbocycles. The minimum absolute atomic E-state index is 0.109. The molecule has 0 aromatic heterocycles. The molecule has 0 aliphatic heterocycles. The van der Waals surface area contributed by atoms with E-state index in [1.165, 1.54) is 12.1 Å². The summed E-state index contributed by atoms with van der Waals surface area (Å²) in [5, 5.41) is 3.45. The topological polar surface area (TPSA) is 15.3 Å². The molecule has 1 aliphatic rings. The normalized spacial score (nSPS) is 23.5. The van der Waals surface area contributed by atoms with Gasteiger partial charge < -0.3 is 5.32 Å². The van der Waals surface area contributed by atoms with Gasteiger partial charge in [0.15, 0.2) is 0 Å². The van der Waals surface area contributed by atoms with Gasteiger partial charge in [-0.3, -0.25) is 4.90 Å². The fourth-order valence-electron chi connectivity index (χ4n) is 3.22. The molecule has 1 N–H and O–H groups in total. The molecule has 2 nitrogen and oxygen atoms in total. The fourth-order valence-corrected chi connectivity index (χ4v) is 3.22. The largest absolute Gasteiger partial charge is 0.314 e. The first kappa shape index (κ1) is 16.4. The number of hydrogen-bond donors (Lipinski definition) is 1. The third kappa shape index (κ3) is 4.48. The molecule has 0 atom stereocenters. The van der Waals surface area contributed by atoms with Gasteiger partial charge in [-0.1, -0.05) is 37.3 Å². The molecule has 1 aromatic carbocycles. The van der Waals surface area contributed by atoms with Crippen LogP contribution in [-0.2, 0) is 5.92 Å². The lowest BCUT2D eigenvalue weighted by Crippen LogP contribution is -2.44. The second-order valence-electron chi connectivity index (χ2n) is 6.05. The average Bonchev–Trinajstić information content (AvgIpc) is 2.49. The second-order valence-corrected chi connectivity index (χ2v) is 6.05. The zero-order chi connectivity index (χ0) is 15.3. The van der Waals surface area contributed by atoms with Crippen molar-refractivity contribution in [3.8, 4) is 0 Å². The van der Waals surface area contributed by atoms with Crippen molar-refractivity contribution < 1.29 is 8.78 Å². The lowest BCUT2D eigenvalue weighted by molar-refractivity contribution is -0.0448. The number of benzene rings is 1. The third-order valence-electron chi connectivity index (χ3n) is 4.46. The maximum Gasteiger partial charge on any atom is 0.285 e. The molecule has 0 unspecified atom stereocenters. The summed E-state index contributed by atoms with van der Waals surface area (Å²) in [6.07, 6.45) is 4.16. The van der Waals surface area contributed by atoms with Gasteiger partial charge in [0.1, 0.15) is 0 Å². The Hall–Kier alpha value is -1.00. The molecular formula is C17H26F2N2. The van der Waals surface area contributed by atoms with Crippen LogP contribution in [0.25, 0.3) is 0 Å². The Balaban J connectivity index is 1.88. The second kappa shape index (κ2) is 7.32. The summed E-state index contributed by atoms with van der Waals surface area (Å²) in [5.74, 6) is -2.78. The lowest BCUT2D eigenvalue weighted by Gasteiger charge is -2.36. The van der Waals surface area contributed by atoms with Gasteiger partial charge in [0, 0.05) is 17.6 Å². The first-order valence-corrected chi connectivity index (χ1v) is 7.90. The summed E-state index contributed by atoms with van der Waals surface area (Å²) in [7, 11) is 1.83. The van der Waals surface area contributed by atoms with E-state index in [0.29, 0.717) is 6.04 Å². The van der Waals surface area contributed by atoms with E-state index in [-0.39, 0.29) is 18.2 Å². The predicted molar refractivity (Wildman–Crippen MR) is 82.7 cm³/mol. The van der Waals surface area contributed by atoms with Crippen LogP contribution >= 0.6 is 0 Å². The van der Waals surface area contributed by atoms with Crippen molar-refractivity contribution in [2.24, 2.45) is 0 Å². The summed E-state index contributed by atoms with van der Waals surface area (Å²) in [6.45, 7) is 2.89. The Labute approximate surface area is 126 Å². The summed E-state index contributed by atoms with van der Waals surface area (Å²) in [6, 6.07) is 8.97. The van der Waals surface area contributed by atoms with Crippen LogP contribution in [0.3, 0.4) is 0 Å². The minimum Gasteiger partial charge on any atom is -0.314 e. The lowest BCUT2D eigenvalue weighted by atomic mass is 9.90. The Morgan fingerprint density at radius 2 is 1.76 bits per heavy atom. The SMILES string of the molecule is CCNC1CCC(N(C)CC(F)(F)c2ccccc2)CC1. The highest BCUT2D eigenvalue weighted by Crippen LogP contribution is 2.31. The van der Waals surface area contributed by atoms with Gasteiger partial charge in [0.05, 0.1) is 6.54 Å². The molecule has 0 radical (unpaired) electrons. The van der Waals surface area contributed by atoms with E-state index >= 15 is 0 Å². The monoisotopic (exact) mass is 296 g/mol. The maximum absolute atomic E-state index is 14.3. The highest BCUT2D eigenvalue weighted by Gasteiger charge is 2.35. The quantitative estimate of drug-likeness (QED) is 0.862. The Morgan fingerprint density at radius 1 is 1.14 bits per heavy atom. The molecular weight excluding hydrogens is 270 g/mol. The maximum atomic E-state index is 14.3. The van der Waals surface area contributed by atoms with Gasteiger partial charge >= 0.3 is 0 Å². The standard InChI is InChI=1S/C17H26F2N2/c1-3-20-15-9-11-16(12-10-15)21(2)13-17(18,19)14-7-5-4-6-8-14/h4-8,15-16,20H,3,9-13H2,1-2H3. The fraction of sp³-hybridized carbons (Fsp3) is 0.647. The van der Waals surface area contributed by atoms with Crippen molar-refractivity contribution >= 4 is 0 Å². The van der Waals surface area contributed by atoms with Crippen LogP contribution in [0.15, 0.2) is 30.3 Å². The number of alkyl halides is 2. The molecule has 0 bridgehead atoms. The third-order valence-corrected chi connectivity index (χ3v) is 4.46. The first-order valence-electron chi connectivity index (χ1n) is 7.90. The smallest absolute Gasteiger partial charge is 0.285 e. The van der Waals surface area contributed by atoms with E-state index in [2.05, 4.69) is 12.2 Å². The first-order chi connectivity index (χ1) is 10.0. The van der Waals surface area contributed by atoms with Crippen molar-refractivity contribution in [3.63, 3.8) is 0 Å². The van der Waals surface area contributed by atoms with Crippen molar-refractivity contribution in [3.05, 3.63) is 35.9 Å². The van der Waals surface area contributed by atoms with E-state index in [0.717, 1.165) is 32.2 Å². The molecule has 4 heteroatoms. The summed E-state index contributed by atoms with van der Waals surface area (Å²) in [5.41, 5.74) is 0.109. The van der Waals surface area contributed by atoms with Crippen LogP contribution in [-0.4, -0.2) is 37.1 Å². The van der Waals surface area contributed by atoms with Crippen molar-refractivity contribution in [1.82, 2.24) is 10.2 Å². The van der Waals surface area contributed by atoms with Crippen molar-refractivity contribution in [2.45, 2.75) is 50.6 Å². The molecule has 1 fully saturated rings. The summed E-state index contributed by atoms with van der Waals surface area (Å²) < 4.78 is 28.6. The number of rotatable bonds is 6. The van der Waals surface area contributed by atoms with Gasteiger partial charge in [-0.25, -0.2) is 0 Å². The molecule has 0 spiro atoms. The minimum atomic E-state index is -2.78. The molecule has 0 amide bonds. The summed E-state index contributed by atoms with van der Waals surface area (Å²) in [4.78, 5) is 1.84. The van der Waals surface area contributed by atoms with E-state index < -0.39 is 5.92 Å². The van der Waals surface area contributed by atoms with Crippen LogP contribution in [0, 0.1) is 0 Å². The highest BCUT2D eigenvalue weighted by atomic mass is 19.3. The van der Waals surface area contributed by atoms with Gasteiger partial charge in [0.2, 0.25) is 0 Å². The van der Waals surface area contributed by atoms with Crippen LogP contribution < -0.4 is 5.32 Å². The van der Waals surface area contributed by atoms with E-state index in [1.54, 1.807) is 18.2 Å². The van der Waals surface area contributed by atoms with Crippen LogP contribution in [0.5, 0.6) is 0 Å². The highest BCUT2D eigenvalue weighted by molar-refractivity contribution is 5.20. The van der Waals surface area contributed by atoms with E-state index in [9.17, 15) is 8.78 Å². The van der Waals surface area contributed by atoms with Crippen molar-refractivity contribution in [2.75, 3.05) is 20.1 Å². The Kier molecular flexibility index (Phi) is 5.71. The van der Waals surface area contributed by atoms with Gasteiger partial charge in [-0.15, -0.1) is 0 Å². The molecule has 2 rings (SSSR count). The number of likely N-dealkylation sites (N-methyl/N-ethyl adjacent to an activating group) is 1. The zero-order valence-electron chi connectivity index (χ0n) is 13.0. The van der Waals surface area contributed by atoms with Crippen LogP contribution in [0.4, 0.5) is 8.78 Å². The average molecular weight is 296 g/mol. The van der Waals surface area contributed by atoms with Gasteiger partial charge in [0.25, 0.3) is 5.92 Å². The Morgan fingerprint density at radius 3 is 2.33 bits per heavy atom. The summed E-state index contributed by atoms with van der Waals surface area (Å²) >= 11 is 0. The number of nitrogens with one attached hydrogen (secondary N) is 1. The number of nitrogens with zero attached hydrogens (tertiary/aromatic N) is 1. The predicted octanol–water partition coefficient (Wildman–Crippen LogP) is 3.63. The van der Waals surface area contributed by atoms with Gasteiger partial charge in [-0.05, 0) is 39.3 Å². The van der Waals surface area contributed by atoms with Crippen molar-refractivity contribution in [1.29, 1.82) is 0 Å². The van der Waals surface area contributed by atoms with Crippen LogP contribution in [0.2, 0.25) is 0 Å². The molecule has 0 heterocycles. The molecule has 21 heavy (non-hydrogen) atoms. The number of hydrogen-bond acceptors (Lipinski definition) is 2.